The van der Waals surface area contributed by atoms with E-state index >= 15 is 0 Å². The molecule has 10 heteroatoms. The maximum atomic E-state index is 10.6. The molecule has 2 aromatic heterocycles. The average molecular weight is 344 g/mol. The lowest BCUT2D eigenvalue weighted by molar-refractivity contribution is -0.385. The molecule has 0 aliphatic rings. The van der Waals surface area contributed by atoms with Crippen LogP contribution in [-0.2, 0) is 7.05 Å². The molecular weight excluding hydrogens is 332 g/mol. The summed E-state index contributed by atoms with van der Waals surface area (Å²) in [5.74, 6) is 1.33. The molecule has 9 nitrogen and oxygen atoms in total. The van der Waals surface area contributed by atoms with Crippen molar-refractivity contribution in [3.05, 3.63) is 46.8 Å². The lowest BCUT2D eigenvalue weighted by Gasteiger charge is -2.07. The molecular formula is C14H12N6O3S. The molecule has 2 heterocycles. The van der Waals surface area contributed by atoms with Gasteiger partial charge in [-0.05, 0) is 23.9 Å². The second-order valence-electron chi connectivity index (χ2n) is 4.65. The van der Waals surface area contributed by atoms with E-state index in [0.717, 1.165) is 18.0 Å². The zero-order valence-corrected chi connectivity index (χ0v) is 13.6. The van der Waals surface area contributed by atoms with Crippen LogP contribution in [0.4, 0.5) is 5.69 Å². The van der Waals surface area contributed by atoms with Crippen LogP contribution in [0.2, 0.25) is 0 Å². The highest BCUT2D eigenvalue weighted by Gasteiger charge is 2.16. The van der Waals surface area contributed by atoms with Crippen molar-refractivity contribution in [2.45, 2.75) is 10.3 Å². The van der Waals surface area contributed by atoms with E-state index in [9.17, 15) is 10.1 Å². The molecule has 0 N–H and O–H groups in total. The largest absolute Gasteiger partial charge is 0.496 e. The number of methoxy groups -OCH3 is 1. The number of ether oxygens (including phenoxy) is 1. The summed E-state index contributed by atoms with van der Waals surface area (Å²) in [5.41, 5.74) is 0.651. The minimum absolute atomic E-state index is 0.160. The van der Waals surface area contributed by atoms with Crippen LogP contribution in [0.15, 0.2) is 47.0 Å². The van der Waals surface area contributed by atoms with Crippen LogP contribution >= 0.6 is 11.8 Å². The zero-order chi connectivity index (χ0) is 17.1. The smallest absolute Gasteiger partial charge is 0.305 e. The molecule has 3 rings (SSSR count). The van der Waals surface area contributed by atoms with Crippen LogP contribution < -0.4 is 4.74 Å². The zero-order valence-electron chi connectivity index (χ0n) is 12.8. The van der Waals surface area contributed by atoms with E-state index in [2.05, 4.69) is 20.2 Å². The number of rotatable bonds is 5. The van der Waals surface area contributed by atoms with Gasteiger partial charge >= 0.3 is 5.69 Å². The normalized spacial score (nSPS) is 10.6. The first-order chi connectivity index (χ1) is 11.6. The van der Waals surface area contributed by atoms with Gasteiger partial charge in [-0.1, -0.05) is 12.1 Å². The Hall–Kier alpha value is -3.01. The summed E-state index contributed by atoms with van der Waals surface area (Å²) < 4.78 is 7.13. The molecule has 0 bridgehead atoms. The van der Waals surface area contributed by atoms with Crippen LogP contribution in [0.3, 0.4) is 0 Å². The molecule has 0 saturated carbocycles. The summed E-state index contributed by atoms with van der Waals surface area (Å²) in [7, 11) is 3.41. The van der Waals surface area contributed by atoms with Crippen molar-refractivity contribution in [3.8, 4) is 17.1 Å². The summed E-state index contributed by atoms with van der Waals surface area (Å²) >= 11 is 1.17. The summed E-state index contributed by atoms with van der Waals surface area (Å²) in [4.78, 5) is 18.0. The van der Waals surface area contributed by atoms with Crippen LogP contribution in [0.25, 0.3) is 11.4 Å². The van der Waals surface area contributed by atoms with Gasteiger partial charge in [-0.15, -0.1) is 10.2 Å². The third-order valence-corrected chi connectivity index (χ3v) is 4.12. The number of aromatic nitrogens is 5. The molecule has 24 heavy (non-hydrogen) atoms. The fourth-order valence-electron chi connectivity index (χ4n) is 2.01. The van der Waals surface area contributed by atoms with Crippen molar-refractivity contribution in [1.29, 1.82) is 0 Å². The monoisotopic (exact) mass is 344 g/mol. The highest BCUT2D eigenvalue weighted by atomic mass is 32.2. The van der Waals surface area contributed by atoms with Gasteiger partial charge in [0.15, 0.2) is 16.1 Å². The summed E-state index contributed by atoms with van der Waals surface area (Å²) in [6, 6.07) is 7.49. The number of nitrogens with zero attached hydrogens (tertiary/aromatic N) is 6. The quantitative estimate of drug-likeness (QED) is 0.394. The Labute approximate surface area is 140 Å². The number of hydrogen-bond acceptors (Lipinski definition) is 8. The van der Waals surface area contributed by atoms with Crippen molar-refractivity contribution in [2.75, 3.05) is 7.11 Å². The topological polar surface area (TPSA) is 109 Å². The molecule has 0 unspecified atom stereocenters. The van der Waals surface area contributed by atoms with E-state index in [-0.39, 0.29) is 5.69 Å². The Balaban J connectivity index is 1.89. The van der Waals surface area contributed by atoms with Gasteiger partial charge in [-0.25, -0.2) is 9.97 Å². The fraction of sp³-hybridized carbons (Fsp3) is 0.143. The molecule has 0 amide bonds. The maximum Gasteiger partial charge on any atom is 0.305 e. The third-order valence-electron chi connectivity index (χ3n) is 3.19. The Bertz CT molecular complexity index is 880. The van der Waals surface area contributed by atoms with Gasteiger partial charge in [0.1, 0.15) is 18.1 Å². The minimum Gasteiger partial charge on any atom is -0.496 e. The van der Waals surface area contributed by atoms with Gasteiger partial charge in [0.2, 0.25) is 0 Å². The lowest BCUT2D eigenvalue weighted by Crippen LogP contribution is -1.98. The highest BCUT2D eigenvalue weighted by Crippen LogP contribution is 2.31. The molecule has 0 aliphatic carbocycles. The maximum absolute atomic E-state index is 10.6. The SMILES string of the molecule is COc1ccccc1-c1nnc(Sc2ncc([N+](=O)[O-])cn2)n1C. The molecule has 0 saturated heterocycles. The first-order valence-corrected chi connectivity index (χ1v) is 7.59. The molecule has 3 aromatic rings. The first-order valence-electron chi connectivity index (χ1n) is 6.77. The van der Waals surface area contributed by atoms with Crippen molar-refractivity contribution in [3.63, 3.8) is 0 Å². The van der Waals surface area contributed by atoms with Crippen molar-refractivity contribution < 1.29 is 9.66 Å². The van der Waals surface area contributed by atoms with Crippen LogP contribution in [0.1, 0.15) is 0 Å². The number of nitro groups is 1. The standard InChI is InChI=1S/C14H12N6O3S/c1-19-12(10-5-3-4-6-11(10)23-2)17-18-14(19)24-13-15-7-9(8-16-13)20(21)22/h3-8H,1-2H3. The highest BCUT2D eigenvalue weighted by molar-refractivity contribution is 7.99. The Morgan fingerprint density at radius 1 is 1.21 bits per heavy atom. The first kappa shape index (κ1) is 15.9. The fourth-order valence-corrected chi connectivity index (χ4v) is 2.68. The van der Waals surface area contributed by atoms with Crippen molar-refractivity contribution >= 4 is 17.4 Å². The van der Waals surface area contributed by atoms with Gasteiger partial charge in [0.05, 0.1) is 17.6 Å². The van der Waals surface area contributed by atoms with E-state index in [1.807, 2.05) is 31.3 Å². The van der Waals surface area contributed by atoms with Gasteiger partial charge in [0.25, 0.3) is 0 Å². The summed E-state index contributed by atoms with van der Waals surface area (Å²) in [5, 5.41) is 19.8. The lowest BCUT2D eigenvalue weighted by atomic mass is 10.2. The van der Waals surface area contributed by atoms with Gasteiger partial charge < -0.3 is 9.30 Å². The van der Waals surface area contributed by atoms with Gasteiger partial charge in [0, 0.05) is 7.05 Å². The van der Waals surface area contributed by atoms with Gasteiger partial charge in [-0.3, -0.25) is 10.1 Å². The molecule has 0 radical (unpaired) electrons. The Morgan fingerprint density at radius 2 is 1.92 bits per heavy atom. The van der Waals surface area contributed by atoms with E-state index in [4.69, 9.17) is 4.74 Å². The average Bonchev–Trinajstić information content (AvgIpc) is 2.96. The summed E-state index contributed by atoms with van der Waals surface area (Å²) in [6.07, 6.45) is 2.32. The predicted molar refractivity (Wildman–Crippen MR) is 85.8 cm³/mol. The van der Waals surface area contributed by atoms with E-state index < -0.39 is 4.92 Å². The molecule has 0 fully saturated rings. The molecule has 122 valence electrons. The predicted octanol–water partition coefficient (Wildman–Crippen LogP) is 2.34. The molecule has 0 aliphatic heterocycles. The second kappa shape index (κ2) is 6.62. The number of hydrogen-bond donors (Lipinski definition) is 0. The van der Waals surface area contributed by atoms with Crippen LogP contribution in [0, 0.1) is 10.1 Å². The van der Waals surface area contributed by atoms with E-state index in [0.29, 0.717) is 21.9 Å². The van der Waals surface area contributed by atoms with Crippen LogP contribution in [0.5, 0.6) is 5.75 Å². The Morgan fingerprint density at radius 3 is 2.58 bits per heavy atom. The second-order valence-corrected chi connectivity index (χ2v) is 5.58. The van der Waals surface area contributed by atoms with Crippen LogP contribution in [-0.4, -0.2) is 36.8 Å². The van der Waals surface area contributed by atoms with Crippen molar-refractivity contribution in [1.82, 2.24) is 24.7 Å². The third kappa shape index (κ3) is 3.04. The van der Waals surface area contributed by atoms with E-state index in [1.54, 1.807) is 11.7 Å². The van der Waals surface area contributed by atoms with E-state index in [1.165, 1.54) is 11.8 Å². The molecule has 0 atom stereocenters. The molecule has 0 spiro atoms. The molecule has 1 aromatic carbocycles. The number of benzene rings is 1. The Kier molecular flexibility index (Phi) is 4.38. The summed E-state index contributed by atoms with van der Waals surface area (Å²) in [6.45, 7) is 0. The van der Waals surface area contributed by atoms with Crippen molar-refractivity contribution in [2.24, 2.45) is 7.05 Å². The number of para-hydroxylation sites is 1. The minimum atomic E-state index is -0.545. The van der Waals surface area contributed by atoms with Gasteiger partial charge in [-0.2, -0.15) is 0 Å².